The van der Waals surface area contributed by atoms with Crippen LogP contribution < -0.4 is 0 Å². The van der Waals surface area contributed by atoms with Crippen molar-refractivity contribution in [3.05, 3.63) is 59.2 Å². The molecule has 0 atom stereocenters. The average molecular weight is 316 g/mol. The Morgan fingerprint density at radius 2 is 1.73 bits per heavy atom. The van der Waals surface area contributed by atoms with Gasteiger partial charge in [-0.2, -0.15) is 0 Å². The first-order valence-electron chi connectivity index (χ1n) is 6.67. The molecule has 0 radical (unpaired) electrons. The quantitative estimate of drug-likeness (QED) is 0.678. The molecule has 0 aliphatic carbocycles. The van der Waals surface area contributed by atoms with Crippen molar-refractivity contribution in [1.82, 2.24) is 0 Å². The number of ether oxygens (including phenoxy) is 1. The highest BCUT2D eigenvalue weighted by atomic mass is 32.2. The number of carbonyl (C=O) groups excluding carboxylic acids is 2. The molecule has 0 unspecified atom stereocenters. The van der Waals surface area contributed by atoms with Crippen molar-refractivity contribution in [3.63, 3.8) is 0 Å². The van der Waals surface area contributed by atoms with Crippen molar-refractivity contribution in [2.24, 2.45) is 0 Å². The second-order valence-electron chi connectivity index (χ2n) is 4.76. The number of ketones is 1. The Kier molecular flexibility index (Phi) is 3.33. The molecule has 2 aromatic rings. The third-order valence-corrected chi connectivity index (χ3v) is 5.30. The van der Waals surface area contributed by atoms with Gasteiger partial charge in [0.25, 0.3) is 0 Å². The van der Waals surface area contributed by atoms with Gasteiger partial charge in [0.2, 0.25) is 9.84 Å². The summed E-state index contributed by atoms with van der Waals surface area (Å²) < 4.78 is 30.2. The van der Waals surface area contributed by atoms with Crippen LogP contribution in [-0.4, -0.2) is 26.8 Å². The SMILES string of the molecule is CCOC(=O)c1ccc2c(c1)S(=O)(=O)c1ccccc1C2=O. The highest BCUT2D eigenvalue weighted by Gasteiger charge is 2.35. The number of hydrogen-bond acceptors (Lipinski definition) is 5. The van der Waals surface area contributed by atoms with E-state index in [-0.39, 0.29) is 38.9 Å². The standard InChI is InChI=1S/C16H12O5S/c1-2-21-16(18)10-7-8-12-14(9-10)22(19,20)13-6-4-3-5-11(13)15(12)17/h3-9H,2H2,1H3. The van der Waals surface area contributed by atoms with Gasteiger partial charge in [0.1, 0.15) is 0 Å². The molecular formula is C16H12O5S. The van der Waals surface area contributed by atoms with Gasteiger partial charge in [-0.3, -0.25) is 4.79 Å². The Balaban J connectivity index is 2.24. The molecule has 0 saturated heterocycles. The van der Waals surface area contributed by atoms with Crippen LogP contribution in [0.2, 0.25) is 0 Å². The zero-order chi connectivity index (χ0) is 15.9. The van der Waals surface area contributed by atoms with E-state index in [1.54, 1.807) is 19.1 Å². The van der Waals surface area contributed by atoms with Crippen LogP contribution >= 0.6 is 0 Å². The maximum Gasteiger partial charge on any atom is 0.338 e. The molecule has 0 bridgehead atoms. The Morgan fingerprint density at radius 3 is 2.45 bits per heavy atom. The minimum atomic E-state index is -3.83. The second kappa shape index (κ2) is 5.06. The van der Waals surface area contributed by atoms with E-state index in [9.17, 15) is 18.0 Å². The number of carbonyl (C=O) groups is 2. The first-order chi connectivity index (χ1) is 10.5. The third-order valence-electron chi connectivity index (χ3n) is 3.45. The summed E-state index contributed by atoms with van der Waals surface area (Å²) in [6.45, 7) is 1.84. The van der Waals surface area contributed by atoms with Gasteiger partial charge in [0, 0.05) is 11.1 Å². The number of rotatable bonds is 2. The number of benzene rings is 2. The van der Waals surface area contributed by atoms with Crippen molar-refractivity contribution in [2.75, 3.05) is 6.61 Å². The summed E-state index contributed by atoms with van der Waals surface area (Å²) in [6, 6.07) is 10.0. The fourth-order valence-electron chi connectivity index (χ4n) is 2.43. The van der Waals surface area contributed by atoms with Gasteiger partial charge in [-0.25, -0.2) is 13.2 Å². The molecule has 112 valence electrons. The van der Waals surface area contributed by atoms with E-state index in [4.69, 9.17) is 4.74 Å². The normalized spacial score (nSPS) is 14.9. The van der Waals surface area contributed by atoms with Crippen LogP contribution in [-0.2, 0) is 14.6 Å². The molecule has 1 aliphatic rings. The first-order valence-corrected chi connectivity index (χ1v) is 8.15. The lowest BCUT2D eigenvalue weighted by atomic mass is 10.0. The minimum absolute atomic E-state index is 0.0338. The van der Waals surface area contributed by atoms with Crippen LogP contribution in [0.25, 0.3) is 0 Å². The molecule has 0 fully saturated rings. The van der Waals surface area contributed by atoms with E-state index >= 15 is 0 Å². The van der Waals surface area contributed by atoms with Crippen molar-refractivity contribution >= 4 is 21.6 Å². The predicted octanol–water partition coefficient (Wildman–Crippen LogP) is 2.24. The fraction of sp³-hybridized carbons (Fsp3) is 0.125. The van der Waals surface area contributed by atoms with Crippen molar-refractivity contribution in [2.45, 2.75) is 16.7 Å². The van der Waals surface area contributed by atoms with Gasteiger partial charge in [-0.15, -0.1) is 0 Å². The van der Waals surface area contributed by atoms with Crippen LogP contribution in [0.4, 0.5) is 0 Å². The Hall–Kier alpha value is -2.47. The number of sulfone groups is 1. The topological polar surface area (TPSA) is 77.5 Å². The summed E-state index contributed by atoms with van der Waals surface area (Å²) in [7, 11) is -3.83. The highest BCUT2D eigenvalue weighted by Crippen LogP contribution is 2.34. The van der Waals surface area contributed by atoms with Gasteiger partial charge in [0.05, 0.1) is 22.0 Å². The maximum absolute atomic E-state index is 12.7. The third kappa shape index (κ3) is 2.03. The van der Waals surface area contributed by atoms with Crippen molar-refractivity contribution < 1.29 is 22.7 Å². The number of fused-ring (bicyclic) bond motifs is 2. The average Bonchev–Trinajstić information content (AvgIpc) is 2.53. The molecule has 0 N–H and O–H groups in total. The molecule has 2 aromatic carbocycles. The zero-order valence-corrected chi connectivity index (χ0v) is 12.5. The molecule has 3 rings (SSSR count). The Labute approximate surface area is 127 Å². The molecule has 22 heavy (non-hydrogen) atoms. The maximum atomic E-state index is 12.7. The Bertz CT molecular complexity index is 897. The second-order valence-corrected chi connectivity index (χ2v) is 6.65. The summed E-state index contributed by atoms with van der Waals surface area (Å²) in [5, 5.41) is 0. The van der Waals surface area contributed by atoms with Crippen LogP contribution in [0.3, 0.4) is 0 Å². The van der Waals surface area contributed by atoms with Crippen LogP contribution in [0.1, 0.15) is 33.2 Å². The lowest BCUT2D eigenvalue weighted by molar-refractivity contribution is 0.0525. The summed E-state index contributed by atoms with van der Waals surface area (Å²) in [5.74, 6) is -0.984. The molecular weight excluding hydrogens is 304 g/mol. The van der Waals surface area contributed by atoms with Crippen LogP contribution in [0.5, 0.6) is 0 Å². The van der Waals surface area contributed by atoms with Gasteiger partial charge in [-0.1, -0.05) is 12.1 Å². The Morgan fingerprint density at radius 1 is 1.05 bits per heavy atom. The van der Waals surface area contributed by atoms with Crippen LogP contribution in [0.15, 0.2) is 52.3 Å². The summed E-state index contributed by atoms with van der Waals surface area (Å²) >= 11 is 0. The molecule has 5 nitrogen and oxygen atoms in total. The minimum Gasteiger partial charge on any atom is -0.462 e. The zero-order valence-electron chi connectivity index (χ0n) is 11.7. The summed E-state index contributed by atoms with van der Waals surface area (Å²) in [6.07, 6.45) is 0. The molecule has 1 aliphatic heterocycles. The molecule has 0 spiro atoms. The largest absolute Gasteiger partial charge is 0.462 e. The molecule has 0 saturated carbocycles. The lowest BCUT2D eigenvalue weighted by Crippen LogP contribution is -2.21. The van der Waals surface area contributed by atoms with Crippen LogP contribution in [0, 0.1) is 0 Å². The summed E-state index contributed by atoms with van der Waals surface area (Å²) in [5.41, 5.74) is 0.335. The highest BCUT2D eigenvalue weighted by molar-refractivity contribution is 7.91. The molecule has 0 amide bonds. The first kappa shape index (κ1) is 14.5. The van der Waals surface area contributed by atoms with Crippen molar-refractivity contribution in [3.8, 4) is 0 Å². The fourth-order valence-corrected chi connectivity index (χ4v) is 4.10. The van der Waals surface area contributed by atoms with E-state index in [0.717, 1.165) is 0 Å². The van der Waals surface area contributed by atoms with Gasteiger partial charge < -0.3 is 4.74 Å². The van der Waals surface area contributed by atoms with Gasteiger partial charge >= 0.3 is 5.97 Å². The summed E-state index contributed by atoms with van der Waals surface area (Å²) in [4.78, 5) is 24.0. The van der Waals surface area contributed by atoms with Gasteiger partial charge in [-0.05, 0) is 37.3 Å². The van der Waals surface area contributed by atoms with E-state index in [1.807, 2.05) is 0 Å². The lowest BCUT2D eigenvalue weighted by Gasteiger charge is -2.19. The van der Waals surface area contributed by atoms with E-state index in [1.165, 1.54) is 30.3 Å². The number of hydrogen-bond donors (Lipinski definition) is 0. The predicted molar refractivity (Wildman–Crippen MR) is 77.7 cm³/mol. The van der Waals surface area contributed by atoms with Gasteiger partial charge in [0.15, 0.2) is 5.78 Å². The van der Waals surface area contributed by atoms with E-state index in [0.29, 0.717) is 0 Å². The van der Waals surface area contributed by atoms with Crippen molar-refractivity contribution in [1.29, 1.82) is 0 Å². The number of esters is 1. The van der Waals surface area contributed by atoms with E-state index in [2.05, 4.69) is 0 Å². The molecule has 1 heterocycles. The van der Waals surface area contributed by atoms with E-state index < -0.39 is 15.8 Å². The molecule has 0 aromatic heterocycles. The smallest absolute Gasteiger partial charge is 0.338 e. The monoisotopic (exact) mass is 316 g/mol. The molecule has 6 heteroatoms.